The first-order chi connectivity index (χ1) is 23.6. The molecule has 232 valence electrons. The number of aromatic amines is 1. The van der Waals surface area contributed by atoms with Gasteiger partial charge >= 0.3 is 0 Å². The molecule has 0 saturated heterocycles. The van der Waals surface area contributed by atoms with Gasteiger partial charge in [-0.05, 0) is 53.4 Å². The molecule has 1 amide bonds. The van der Waals surface area contributed by atoms with Crippen LogP contribution in [0.5, 0.6) is 0 Å². The van der Waals surface area contributed by atoms with E-state index in [0.717, 1.165) is 44.4 Å². The van der Waals surface area contributed by atoms with E-state index in [4.69, 9.17) is 9.97 Å². The lowest BCUT2D eigenvalue weighted by molar-refractivity contribution is 0.0930. The van der Waals surface area contributed by atoms with Crippen molar-refractivity contribution in [2.75, 3.05) is 0 Å². The molecule has 0 radical (unpaired) electrons. The summed E-state index contributed by atoms with van der Waals surface area (Å²) in [5.41, 5.74) is 7.55. The highest BCUT2D eigenvalue weighted by Gasteiger charge is 2.40. The highest BCUT2D eigenvalue weighted by atomic mass is 16.2. The van der Waals surface area contributed by atoms with E-state index in [9.17, 15) is 4.79 Å². The highest BCUT2D eigenvalue weighted by molar-refractivity contribution is 6.03. The van der Waals surface area contributed by atoms with Crippen molar-refractivity contribution in [2.24, 2.45) is 0 Å². The standard InChI is InChI=1S/C41H32N6O/c1-28(29-14-6-2-7-15-29)43-40(48)39-44-35-26-34-37(27-36(35)45-39)47(46-38(34)30-22-24-42-25-23-30)41(31-16-8-3-9-17-31,32-18-10-4-11-19-32)33-20-12-5-13-21-33/h2-28,46H,1H3,(H,43,48)/t28-/m1/s1. The number of carbonyl (C=O) groups is 1. The minimum Gasteiger partial charge on any atom is -0.343 e. The van der Waals surface area contributed by atoms with Gasteiger partial charge in [0, 0.05) is 23.3 Å². The summed E-state index contributed by atoms with van der Waals surface area (Å²) in [4.78, 5) is 27.2. The molecule has 0 spiro atoms. The predicted octanol–water partition coefficient (Wildman–Crippen LogP) is 8.31. The van der Waals surface area contributed by atoms with Crippen molar-refractivity contribution in [3.63, 3.8) is 0 Å². The van der Waals surface area contributed by atoms with Gasteiger partial charge in [-0.25, -0.2) is 9.97 Å². The van der Waals surface area contributed by atoms with Crippen LogP contribution < -0.4 is 5.32 Å². The van der Waals surface area contributed by atoms with Crippen LogP contribution in [0.15, 0.2) is 158 Å². The molecular weight excluding hydrogens is 592 g/mol. The summed E-state index contributed by atoms with van der Waals surface area (Å²) in [5, 5.41) is 7.86. The Morgan fingerprint density at radius 2 is 1.19 bits per heavy atom. The fourth-order valence-corrected chi connectivity index (χ4v) is 6.73. The number of amides is 1. The molecule has 48 heavy (non-hydrogen) atoms. The third kappa shape index (κ3) is 4.93. The third-order valence-electron chi connectivity index (χ3n) is 9.01. The van der Waals surface area contributed by atoms with Gasteiger partial charge in [-0.1, -0.05) is 121 Å². The Labute approximate surface area is 278 Å². The minimum atomic E-state index is -0.799. The summed E-state index contributed by atoms with van der Waals surface area (Å²) in [6, 6.07) is 49.3. The Bertz CT molecular complexity index is 2240. The van der Waals surface area contributed by atoms with Crippen LogP contribution in [0.2, 0.25) is 0 Å². The lowest BCUT2D eigenvalue weighted by Crippen LogP contribution is -2.38. The van der Waals surface area contributed by atoms with E-state index in [0.29, 0.717) is 11.0 Å². The second kappa shape index (κ2) is 12.1. The topological polar surface area (TPSA) is 88.5 Å². The quantitative estimate of drug-likeness (QED) is 0.167. The number of pyridine rings is 1. The molecule has 8 rings (SSSR count). The zero-order valence-electron chi connectivity index (χ0n) is 26.3. The number of carbonyl (C=O) groups excluding carboxylic acids is 1. The average Bonchev–Trinajstić information content (AvgIpc) is 3.75. The van der Waals surface area contributed by atoms with Crippen LogP contribution in [0.3, 0.4) is 0 Å². The normalized spacial score (nSPS) is 12.3. The molecule has 0 aliphatic rings. The maximum absolute atomic E-state index is 13.4. The molecular formula is C41H32N6O. The predicted molar refractivity (Wildman–Crippen MR) is 190 cm³/mol. The number of nitrogens with zero attached hydrogens (tertiary/aromatic N) is 4. The summed E-state index contributed by atoms with van der Waals surface area (Å²) >= 11 is 0. The van der Waals surface area contributed by atoms with Crippen LogP contribution in [0.4, 0.5) is 0 Å². The van der Waals surface area contributed by atoms with Gasteiger partial charge < -0.3 is 5.32 Å². The van der Waals surface area contributed by atoms with E-state index in [1.165, 1.54) is 0 Å². The van der Waals surface area contributed by atoms with Gasteiger partial charge in [-0.2, -0.15) is 0 Å². The maximum atomic E-state index is 13.4. The Hall–Kier alpha value is -6.34. The average molecular weight is 625 g/mol. The fourth-order valence-electron chi connectivity index (χ4n) is 6.73. The van der Waals surface area contributed by atoms with E-state index in [1.807, 2.05) is 79.7 Å². The Kier molecular flexibility index (Phi) is 7.34. The smallest absolute Gasteiger partial charge is 0.289 e. The first-order valence-corrected chi connectivity index (χ1v) is 16.0. The highest BCUT2D eigenvalue weighted by Crippen LogP contribution is 2.44. The van der Waals surface area contributed by atoms with E-state index in [2.05, 4.69) is 92.9 Å². The molecule has 0 unspecified atom stereocenters. The summed E-state index contributed by atoms with van der Waals surface area (Å²) in [5.74, 6) is -0.176. The number of nitrogens with one attached hydrogen (secondary N) is 2. The Morgan fingerprint density at radius 3 is 1.73 bits per heavy atom. The number of imidazole rings is 1. The number of fused-ring (bicyclic) bond motifs is 2. The molecule has 2 N–H and O–H groups in total. The molecule has 5 aromatic carbocycles. The van der Waals surface area contributed by atoms with Crippen molar-refractivity contribution in [3.8, 4) is 11.3 Å². The Morgan fingerprint density at radius 1 is 0.688 bits per heavy atom. The van der Waals surface area contributed by atoms with Crippen LogP contribution in [0.1, 0.15) is 45.8 Å². The van der Waals surface area contributed by atoms with E-state index >= 15 is 0 Å². The van der Waals surface area contributed by atoms with E-state index in [1.54, 1.807) is 12.4 Å². The van der Waals surface area contributed by atoms with Crippen molar-refractivity contribution < 1.29 is 4.79 Å². The third-order valence-corrected chi connectivity index (χ3v) is 9.01. The van der Waals surface area contributed by atoms with Crippen molar-refractivity contribution in [1.29, 1.82) is 0 Å². The fraction of sp³-hybridized carbons (Fsp3) is 0.0732. The second-order valence-electron chi connectivity index (χ2n) is 11.9. The van der Waals surface area contributed by atoms with Gasteiger partial charge in [-0.15, -0.1) is 0 Å². The summed E-state index contributed by atoms with van der Waals surface area (Å²) in [6.45, 7) is 1.96. The lowest BCUT2D eigenvalue weighted by Gasteiger charge is -2.37. The zero-order chi connectivity index (χ0) is 32.5. The van der Waals surface area contributed by atoms with Gasteiger partial charge in [-0.3, -0.25) is 19.6 Å². The van der Waals surface area contributed by atoms with Crippen molar-refractivity contribution in [3.05, 3.63) is 186 Å². The molecule has 7 heteroatoms. The Balaban J connectivity index is 1.39. The monoisotopic (exact) mass is 624 g/mol. The van der Waals surface area contributed by atoms with Crippen molar-refractivity contribution >= 4 is 27.8 Å². The molecule has 0 fully saturated rings. The van der Waals surface area contributed by atoms with Gasteiger partial charge in [0.1, 0.15) is 5.54 Å². The van der Waals surface area contributed by atoms with Crippen molar-refractivity contribution in [2.45, 2.75) is 18.5 Å². The van der Waals surface area contributed by atoms with Crippen LogP contribution >= 0.6 is 0 Å². The molecule has 7 nitrogen and oxygen atoms in total. The largest absolute Gasteiger partial charge is 0.343 e. The maximum Gasteiger partial charge on any atom is 0.289 e. The first kappa shape index (κ1) is 29.1. The van der Waals surface area contributed by atoms with Crippen LogP contribution in [0, 0.1) is 0 Å². The first-order valence-electron chi connectivity index (χ1n) is 16.0. The number of H-pyrrole nitrogens is 1. The molecule has 0 bridgehead atoms. The van der Waals surface area contributed by atoms with Gasteiger partial charge in [0.05, 0.1) is 28.3 Å². The van der Waals surface area contributed by atoms with Gasteiger partial charge in [0.15, 0.2) is 0 Å². The number of aromatic nitrogens is 5. The van der Waals surface area contributed by atoms with Crippen LogP contribution in [0.25, 0.3) is 33.2 Å². The minimum absolute atomic E-state index is 0.141. The molecule has 3 aromatic heterocycles. The van der Waals surface area contributed by atoms with E-state index < -0.39 is 5.54 Å². The SMILES string of the molecule is C[C@@H](NC(=O)c1nc2cc3c(-c4ccncc4)[nH]n(C(c4ccccc4)(c4ccccc4)c4ccccc4)c3cc2n1)c1ccccc1. The molecule has 0 saturated carbocycles. The summed E-state index contributed by atoms with van der Waals surface area (Å²) in [6.07, 6.45) is 3.59. The second-order valence-corrected chi connectivity index (χ2v) is 11.9. The number of benzene rings is 5. The number of hydrogen-bond acceptors (Lipinski definition) is 4. The molecule has 8 aromatic rings. The van der Waals surface area contributed by atoms with Crippen LogP contribution in [-0.2, 0) is 5.54 Å². The van der Waals surface area contributed by atoms with E-state index in [-0.39, 0.29) is 17.8 Å². The van der Waals surface area contributed by atoms with Gasteiger partial charge in [0.25, 0.3) is 5.91 Å². The molecule has 0 aliphatic heterocycles. The number of rotatable bonds is 8. The summed E-state index contributed by atoms with van der Waals surface area (Å²) in [7, 11) is 0. The lowest BCUT2D eigenvalue weighted by atomic mass is 9.77. The van der Waals surface area contributed by atoms with Crippen molar-refractivity contribution in [1.82, 2.24) is 30.0 Å². The van der Waals surface area contributed by atoms with Gasteiger partial charge in [0.2, 0.25) is 5.82 Å². The molecule has 3 heterocycles. The molecule has 0 aliphatic carbocycles. The zero-order valence-corrected chi connectivity index (χ0v) is 26.3. The number of hydrogen-bond donors (Lipinski definition) is 2. The van der Waals surface area contributed by atoms with Crippen LogP contribution in [-0.4, -0.2) is 30.6 Å². The summed E-state index contributed by atoms with van der Waals surface area (Å²) < 4.78 is 2.24. The molecule has 1 atom stereocenters.